The summed E-state index contributed by atoms with van der Waals surface area (Å²) in [5, 5.41) is 7.81. The largest absolute Gasteiger partial charge is 0.496 e. The normalized spacial score (nSPS) is 18.5. The molecule has 1 aromatic rings. The topological polar surface area (TPSA) is 108 Å². The maximum absolute atomic E-state index is 11.9. The van der Waals surface area contributed by atoms with Crippen molar-refractivity contribution in [1.29, 1.82) is 0 Å². The molecule has 0 aliphatic carbocycles. The number of primary sulfonamides is 1. The van der Waals surface area contributed by atoms with Crippen molar-refractivity contribution in [2.24, 2.45) is 5.14 Å². The highest BCUT2D eigenvalue weighted by Gasteiger charge is 2.23. The van der Waals surface area contributed by atoms with E-state index in [1.54, 1.807) is 0 Å². The molecule has 0 bridgehead atoms. The number of nitrogens with two attached hydrogens (primary N) is 1. The molecule has 1 aliphatic rings. The molecule has 1 aliphatic heterocycles. The van der Waals surface area contributed by atoms with Crippen LogP contribution in [0.3, 0.4) is 0 Å². The summed E-state index contributed by atoms with van der Waals surface area (Å²) in [6, 6.07) is 4.26. The highest BCUT2D eigenvalue weighted by Crippen LogP contribution is 2.22. The second-order valence-electron chi connectivity index (χ2n) is 4.74. The molecule has 1 saturated heterocycles. The third-order valence-corrected chi connectivity index (χ3v) is 4.17. The Kier molecular flexibility index (Phi) is 4.81. The van der Waals surface area contributed by atoms with Gasteiger partial charge in [-0.2, -0.15) is 0 Å². The number of nitrogens with one attached hydrogen (secondary N) is 1. The van der Waals surface area contributed by atoms with E-state index in [1.165, 1.54) is 25.3 Å². The molecule has 3 N–H and O–H groups in total. The van der Waals surface area contributed by atoms with Crippen LogP contribution in [0.1, 0.15) is 18.4 Å². The van der Waals surface area contributed by atoms with Gasteiger partial charge in [0, 0.05) is 18.7 Å². The van der Waals surface area contributed by atoms with Gasteiger partial charge in [-0.25, -0.2) is 13.6 Å². The summed E-state index contributed by atoms with van der Waals surface area (Å²) in [5.74, 6) is 0.269. The van der Waals surface area contributed by atoms with E-state index in [4.69, 9.17) is 14.6 Å². The van der Waals surface area contributed by atoms with Crippen LogP contribution in [0.4, 0.5) is 0 Å². The van der Waals surface area contributed by atoms with Gasteiger partial charge in [-0.1, -0.05) is 0 Å². The summed E-state index contributed by atoms with van der Waals surface area (Å²) in [5.41, 5.74) is 0.537. The van der Waals surface area contributed by atoms with Gasteiger partial charge in [-0.3, -0.25) is 4.79 Å². The summed E-state index contributed by atoms with van der Waals surface area (Å²) >= 11 is 0. The number of amides is 1. The Morgan fingerprint density at radius 2 is 2.29 bits per heavy atom. The van der Waals surface area contributed by atoms with Gasteiger partial charge in [0.15, 0.2) is 0 Å². The highest BCUT2D eigenvalue weighted by molar-refractivity contribution is 7.89. The standard InChI is InChI=1S/C13H18N2O5S/c1-19-11-5-4-10(21(14,17)18)7-9(11)8-15-13(16)12-3-2-6-20-12/h4-5,7,12H,2-3,6,8H2,1H3,(H,15,16)(H2,14,17,18). The molecule has 1 atom stereocenters. The number of hydrogen-bond donors (Lipinski definition) is 2. The third kappa shape index (κ3) is 3.93. The average Bonchev–Trinajstić information content (AvgIpc) is 2.97. The Labute approximate surface area is 123 Å². The highest BCUT2D eigenvalue weighted by atomic mass is 32.2. The van der Waals surface area contributed by atoms with E-state index in [0.29, 0.717) is 24.3 Å². The van der Waals surface area contributed by atoms with Crippen LogP contribution >= 0.6 is 0 Å². The van der Waals surface area contributed by atoms with E-state index in [9.17, 15) is 13.2 Å². The van der Waals surface area contributed by atoms with Crippen molar-refractivity contribution in [2.75, 3.05) is 13.7 Å². The first-order valence-corrected chi connectivity index (χ1v) is 8.05. The Hall–Kier alpha value is -1.64. The Morgan fingerprint density at radius 1 is 1.52 bits per heavy atom. The van der Waals surface area contributed by atoms with Gasteiger partial charge in [0.2, 0.25) is 15.9 Å². The smallest absolute Gasteiger partial charge is 0.249 e. The zero-order valence-electron chi connectivity index (χ0n) is 11.7. The van der Waals surface area contributed by atoms with Crippen molar-refractivity contribution in [3.05, 3.63) is 23.8 Å². The molecule has 1 aromatic carbocycles. The van der Waals surface area contributed by atoms with Crippen LogP contribution in [-0.2, 0) is 26.1 Å². The van der Waals surface area contributed by atoms with E-state index in [1.807, 2.05) is 0 Å². The Morgan fingerprint density at radius 3 is 2.86 bits per heavy atom. The number of rotatable bonds is 5. The van der Waals surface area contributed by atoms with Crippen LogP contribution in [0.25, 0.3) is 0 Å². The van der Waals surface area contributed by atoms with Crippen molar-refractivity contribution in [1.82, 2.24) is 5.32 Å². The minimum atomic E-state index is -3.80. The lowest BCUT2D eigenvalue weighted by Gasteiger charge is -2.13. The minimum Gasteiger partial charge on any atom is -0.496 e. The van der Waals surface area contributed by atoms with Crippen molar-refractivity contribution in [3.63, 3.8) is 0 Å². The van der Waals surface area contributed by atoms with Crippen LogP contribution in [0, 0.1) is 0 Å². The van der Waals surface area contributed by atoms with E-state index in [2.05, 4.69) is 5.32 Å². The van der Waals surface area contributed by atoms with Crippen molar-refractivity contribution in [2.45, 2.75) is 30.4 Å². The molecule has 0 aromatic heterocycles. The lowest BCUT2D eigenvalue weighted by Crippen LogP contribution is -2.33. The van der Waals surface area contributed by atoms with Gasteiger partial charge >= 0.3 is 0 Å². The zero-order valence-corrected chi connectivity index (χ0v) is 12.5. The molecule has 0 radical (unpaired) electrons. The summed E-state index contributed by atoms with van der Waals surface area (Å²) in [6.07, 6.45) is 1.13. The second-order valence-corrected chi connectivity index (χ2v) is 6.30. The number of ether oxygens (including phenoxy) is 2. The zero-order chi connectivity index (χ0) is 15.5. The number of benzene rings is 1. The second kappa shape index (κ2) is 6.42. The van der Waals surface area contributed by atoms with E-state index in [-0.39, 0.29) is 17.3 Å². The minimum absolute atomic E-state index is 0.0235. The fraction of sp³-hybridized carbons (Fsp3) is 0.462. The quantitative estimate of drug-likeness (QED) is 0.803. The van der Waals surface area contributed by atoms with Crippen LogP contribution in [-0.4, -0.2) is 34.1 Å². The molecule has 7 nitrogen and oxygen atoms in total. The predicted octanol–water partition coefficient (Wildman–Crippen LogP) is 0.138. The van der Waals surface area contributed by atoms with Gasteiger partial charge < -0.3 is 14.8 Å². The molecule has 1 fully saturated rings. The molecule has 0 saturated carbocycles. The monoisotopic (exact) mass is 314 g/mol. The molecule has 0 spiro atoms. The number of hydrogen-bond acceptors (Lipinski definition) is 5. The average molecular weight is 314 g/mol. The fourth-order valence-electron chi connectivity index (χ4n) is 2.15. The summed E-state index contributed by atoms with van der Waals surface area (Å²) < 4.78 is 33.2. The number of carbonyl (C=O) groups is 1. The Bertz CT molecular complexity index is 623. The maximum atomic E-state index is 11.9. The molecule has 1 amide bonds. The fourth-order valence-corrected chi connectivity index (χ4v) is 2.71. The predicted molar refractivity (Wildman–Crippen MR) is 75.2 cm³/mol. The van der Waals surface area contributed by atoms with E-state index >= 15 is 0 Å². The van der Waals surface area contributed by atoms with Crippen LogP contribution in [0.2, 0.25) is 0 Å². The van der Waals surface area contributed by atoms with Crippen molar-refractivity contribution in [3.8, 4) is 5.75 Å². The first-order valence-electron chi connectivity index (χ1n) is 6.51. The first kappa shape index (κ1) is 15.7. The molecule has 21 heavy (non-hydrogen) atoms. The molecule has 8 heteroatoms. The molecule has 1 unspecified atom stereocenters. The molecule has 116 valence electrons. The van der Waals surface area contributed by atoms with Crippen LogP contribution in [0.5, 0.6) is 5.75 Å². The molecular weight excluding hydrogens is 296 g/mol. The van der Waals surface area contributed by atoms with Crippen molar-refractivity contribution < 1.29 is 22.7 Å². The van der Waals surface area contributed by atoms with Gasteiger partial charge in [-0.15, -0.1) is 0 Å². The lowest BCUT2D eigenvalue weighted by atomic mass is 10.2. The Balaban J connectivity index is 2.12. The number of carbonyl (C=O) groups excluding carboxylic acids is 1. The summed E-state index contributed by atoms with van der Waals surface area (Å²) in [7, 11) is -2.33. The van der Waals surface area contributed by atoms with Crippen LogP contribution in [0.15, 0.2) is 23.1 Å². The summed E-state index contributed by atoms with van der Waals surface area (Å²) in [6.45, 7) is 0.730. The SMILES string of the molecule is COc1ccc(S(N)(=O)=O)cc1CNC(=O)C1CCCO1. The van der Waals surface area contributed by atoms with Gasteiger partial charge in [-0.05, 0) is 31.0 Å². The van der Waals surface area contributed by atoms with Gasteiger partial charge in [0.1, 0.15) is 11.9 Å². The first-order chi connectivity index (χ1) is 9.91. The molecule has 2 rings (SSSR count). The molecular formula is C13H18N2O5S. The third-order valence-electron chi connectivity index (χ3n) is 3.26. The van der Waals surface area contributed by atoms with Crippen LogP contribution < -0.4 is 15.2 Å². The lowest BCUT2D eigenvalue weighted by molar-refractivity contribution is -0.130. The maximum Gasteiger partial charge on any atom is 0.249 e. The summed E-state index contributed by atoms with van der Waals surface area (Å²) in [4.78, 5) is 11.9. The number of sulfonamides is 1. The van der Waals surface area contributed by atoms with Crippen molar-refractivity contribution >= 4 is 15.9 Å². The number of methoxy groups -OCH3 is 1. The van der Waals surface area contributed by atoms with Gasteiger partial charge in [0.05, 0.1) is 12.0 Å². The van der Waals surface area contributed by atoms with E-state index < -0.39 is 16.1 Å². The molecule has 1 heterocycles. The van der Waals surface area contributed by atoms with Gasteiger partial charge in [0.25, 0.3) is 0 Å². The van der Waals surface area contributed by atoms with E-state index in [0.717, 1.165) is 6.42 Å².